The first-order valence-corrected chi connectivity index (χ1v) is 9.84. The number of benzene rings is 2. The van der Waals surface area contributed by atoms with Gasteiger partial charge in [0.05, 0.1) is 0 Å². The number of nitrogens with one attached hydrogen (secondary N) is 1. The topological polar surface area (TPSA) is 144 Å². The Morgan fingerprint density at radius 1 is 1.23 bits per heavy atom. The monoisotopic (exact) mass is 426 g/mol. The third-order valence-corrected chi connectivity index (χ3v) is 4.65. The zero-order valence-electron chi connectivity index (χ0n) is 17.5. The number of hydrogen-bond acceptors (Lipinski definition) is 8. The Kier molecular flexibility index (Phi) is 7.35. The maximum atomic E-state index is 11.1. The number of ether oxygens (including phenoxy) is 1. The Balaban J connectivity index is 1.72. The van der Waals surface area contributed by atoms with E-state index in [0.29, 0.717) is 24.0 Å². The highest BCUT2D eigenvalue weighted by molar-refractivity contribution is 5.76. The Morgan fingerprint density at radius 2 is 1.97 bits per heavy atom. The van der Waals surface area contributed by atoms with Crippen LogP contribution in [0.1, 0.15) is 16.7 Å². The van der Waals surface area contributed by atoms with E-state index < -0.39 is 18.6 Å². The largest absolute Gasteiger partial charge is 0.490 e. The molecule has 0 fully saturated rings. The fourth-order valence-corrected chi connectivity index (χ4v) is 3.12. The summed E-state index contributed by atoms with van der Waals surface area (Å²) in [7, 11) is 0. The maximum absolute atomic E-state index is 11.1. The molecule has 9 heteroatoms. The minimum absolute atomic E-state index is 0.00340. The van der Waals surface area contributed by atoms with Gasteiger partial charge in [0.25, 0.3) is 5.89 Å². The van der Waals surface area contributed by atoms with E-state index in [1.165, 1.54) is 0 Å². The van der Waals surface area contributed by atoms with Crippen molar-refractivity contribution in [3.63, 3.8) is 0 Å². The van der Waals surface area contributed by atoms with Crippen LogP contribution in [0.5, 0.6) is 5.75 Å². The number of nitrogens with two attached hydrogens (primary N) is 1. The fraction of sp³-hybridized carbons (Fsp3) is 0.318. The molecule has 0 saturated carbocycles. The number of nitrogens with zero attached hydrogens (tertiary/aromatic N) is 2. The molecule has 1 amide bonds. The molecule has 0 radical (unpaired) electrons. The van der Waals surface area contributed by atoms with Gasteiger partial charge in [-0.3, -0.25) is 4.79 Å². The van der Waals surface area contributed by atoms with Gasteiger partial charge in [0.2, 0.25) is 11.7 Å². The summed E-state index contributed by atoms with van der Waals surface area (Å²) in [4.78, 5) is 15.6. The molecule has 31 heavy (non-hydrogen) atoms. The lowest BCUT2D eigenvalue weighted by molar-refractivity contribution is -0.124. The lowest BCUT2D eigenvalue weighted by atomic mass is 10.1. The van der Waals surface area contributed by atoms with Crippen molar-refractivity contribution in [3.05, 3.63) is 53.1 Å². The highest BCUT2D eigenvalue weighted by Gasteiger charge is 2.15. The molecule has 1 aromatic heterocycles. The molecule has 1 unspecified atom stereocenters. The lowest BCUT2D eigenvalue weighted by Crippen LogP contribution is -2.36. The van der Waals surface area contributed by atoms with Crippen LogP contribution in [0.4, 0.5) is 0 Å². The number of carbonyl (C=O) groups excluding carboxylic acids is 1. The highest BCUT2D eigenvalue weighted by Crippen LogP contribution is 2.30. The lowest BCUT2D eigenvalue weighted by Gasteiger charge is -2.16. The Labute approximate surface area is 179 Å². The smallest absolute Gasteiger partial charge is 0.258 e. The molecule has 0 aliphatic carbocycles. The van der Waals surface area contributed by atoms with Crippen LogP contribution >= 0.6 is 0 Å². The Morgan fingerprint density at radius 3 is 2.65 bits per heavy atom. The van der Waals surface area contributed by atoms with Crippen LogP contribution in [0.25, 0.3) is 22.8 Å². The van der Waals surface area contributed by atoms with Crippen molar-refractivity contribution in [2.24, 2.45) is 5.73 Å². The van der Waals surface area contributed by atoms with Gasteiger partial charge in [-0.15, -0.1) is 0 Å². The van der Waals surface area contributed by atoms with E-state index in [2.05, 4.69) is 15.5 Å². The van der Waals surface area contributed by atoms with Gasteiger partial charge >= 0.3 is 0 Å². The molecule has 3 aromatic rings. The van der Waals surface area contributed by atoms with Crippen LogP contribution in [0.15, 0.2) is 40.9 Å². The van der Waals surface area contributed by atoms with Crippen molar-refractivity contribution in [3.8, 4) is 28.6 Å². The van der Waals surface area contributed by atoms with E-state index >= 15 is 0 Å². The molecule has 5 N–H and O–H groups in total. The van der Waals surface area contributed by atoms with Gasteiger partial charge in [0, 0.05) is 24.2 Å². The van der Waals surface area contributed by atoms with Crippen LogP contribution < -0.4 is 15.8 Å². The van der Waals surface area contributed by atoms with E-state index in [1.807, 2.05) is 50.2 Å². The molecule has 0 bridgehead atoms. The first kappa shape index (κ1) is 22.4. The molecule has 0 aliphatic rings. The summed E-state index contributed by atoms with van der Waals surface area (Å²) in [5.41, 5.74) is 9.95. The number of aromatic nitrogens is 2. The molecular formula is C22H26N4O5. The predicted octanol–water partition coefficient (Wildman–Crippen LogP) is 1.33. The number of rotatable bonds is 9. The van der Waals surface area contributed by atoms with Crippen LogP contribution in [-0.2, 0) is 11.3 Å². The minimum Gasteiger partial charge on any atom is -0.490 e. The highest BCUT2D eigenvalue weighted by atomic mass is 16.5. The molecule has 0 saturated heterocycles. The summed E-state index contributed by atoms with van der Waals surface area (Å²) in [6.45, 7) is 3.57. The molecular weight excluding hydrogens is 400 g/mol. The Bertz CT molecular complexity index is 1030. The van der Waals surface area contributed by atoms with E-state index in [1.54, 1.807) is 0 Å². The molecule has 1 heterocycles. The number of carbonyl (C=O) groups is 1. The van der Waals surface area contributed by atoms with Gasteiger partial charge in [-0.05, 0) is 54.8 Å². The molecule has 3 rings (SSSR count). The normalized spacial score (nSPS) is 11.9. The predicted molar refractivity (Wildman–Crippen MR) is 114 cm³/mol. The van der Waals surface area contributed by atoms with Gasteiger partial charge in [0.15, 0.2) is 0 Å². The average Bonchev–Trinajstić information content (AvgIpc) is 3.27. The maximum Gasteiger partial charge on any atom is 0.258 e. The van der Waals surface area contributed by atoms with Gasteiger partial charge in [-0.25, -0.2) is 0 Å². The number of hydrogen-bond donors (Lipinski definition) is 4. The second-order valence-electron chi connectivity index (χ2n) is 7.19. The quantitative estimate of drug-likeness (QED) is 0.401. The van der Waals surface area contributed by atoms with Gasteiger partial charge < -0.3 is 30.5 Å². The summed E-state index contributed by atoms with van der Waals surface area (Å²) in [6, 6.07) is 11.4. The molecule has 0 spiro atoms. The summed E-state index contributed by atoms with van der Waals surface area (Å²) in [6.07, 6.45) is -0.905. The van der Waals surface area contributed by atoms with Gasteiger partial charge in [-0.1, -0.05) is 17.3 Å². The number of amides is 1. The summed E-state index contributed by atoms with van der Waals surface area (Å²) < 4.78 is 11.2. The number of aliphatic hydroxyl groups is 2. The molecule has 0 aliphatic heterocycles. The SMILES string of the molecule is Cc1cc(-c2noc(-c3cccc(CN)c3)n2)cc(C)c1OCC(O)CNC(=O)CO. The number of aryl methyl sites for hydroxylation is 2. The first-order valence-electron chi connectivity index (χ1n) is 9.84. The summed E-state index contributed by atoms with van der Waals surface area (Å²) in [5.74, 6) is 0.951. The van der Waals surface area contributed by atoms with E-state index in [0.717, 1.165) is 27.8 Å². The standard InChI is InChI=1S/C22H26N4O5/c1-13-6-17(7-14(2)20(13)30-12-18(28)10-24-19(29)11-27)21-25-22(31-26-21)16-5-3-4-15(8-16)9-23/h3-8,18,27-28H,9-12,23H2,1-2H3,(H,24,29). The average molecular weight is 426 g/mol. The Hall–Kier alpha value is -3.27. The molecule has 164 valence electrons. The van der Waals surface area contributed by atoms with Crippen LogP contribution in [-0.4, -0.2) is 52.1 Å². The summed E-state index contributed by atoms with van der Waals surface area (Å²) >= 11 is 0. The van der Waals surface area contributed by atoms with E-state index in [-0.39, 0.29) is 13.2 Å². The minimum atomic E-state index is -0.905. The van der Waals surface area contributed by atoms with Crippen molar-refractivity contribution in [2.45, 2.75) is 26.5 Å². The van der Waals surface area contributed by atoms with E-state index in [4.69, 9.17) is 20.1 Å². The molecule has 1 atom stereocenters. The van der Waals surface area contributed by atoms with Crippen molar-refractivity contribution in [2.75, 3.05) is 19.8 Å². The van der Waals surface area contributed by atoms with Crippen LogP contribution in [0.2, 0.25) is 0 Å². The van der Waals surface area contributed by atoms with Gasteiger partial charge in [0.1, 0.15) is 25.1 Å². The zero-order chi connectivity index (χ0) is 22.4. The van der Waals surface area contributed by atoms with Crippen LogP contribution in [0.3, 0.4) is 0 Å². The second kappa shape index (κ2) is 10.2. The van der Waals surface area contributed by atoms with Crippen molar-refractivity contribution < 1.29 is 24.3 Å². The molecule has 2 aromatic carbocycles. The second-order valence-corrected chi connectivity index (χ2v) is 7.19. The van der Waals surface area contributed by atoms with Gasteiger partial charge in [-0.2, -0.15) is 4.98 Å². The fourth-order valence-electron chi connectivity index (χ4n) is 3.12. The number of aliphatic hydroxyl groups excluding tert-OH is 2. The summed E-state index contributed by atoms with van der Waals surface area (Å²) in [5, 5.41) is 25.1. The van der Waals surface area contributed by atoms with Crippen molar-refractivity contribution in [1.29, 1.82) is 0 Å². The van der Waals surface area contributed by atoms with Crippen LogP contribution in [0, 0.1) is 13.8 Å². The van der Waals surface area contributed by atoms with Crippen molar-refractivity contribution >= 4 is 5.91 Å². The van der Waals surface area contributed by atoms with Crippen molar-refractivity contribution in [1.82, 2.24) is 15.5 Å². The zero-order valence-corrected chi connectivity index (χ0v) is 17.5. The third-order valence-electron chi connectivity index (χ3n) is 4.65. The first-order chi connectivity index (χ1) is 14.9. The van der Waals surface area contributed by atoms with E-state index in [9.17, 15) is 9.90 Å². The molecule has 9 nitrogen and oxygen atoms in total. The third kappa shape index (κ3) is 5.66.